The van der Waals surface area contributed by atoms with Gasteiger partial charge in [-0.25, -0.2) is 12.6 Å². The summed E-state index contributed by atoms with van der Waals surface area (Å²) in [4.78, 5) is 0. The molecule has 0 saturated carbocycles. The number of benzene rings is 1. The Morgan fingerprint density at radius 3 is 2.41 bits per heavy atom. The molecule has 0 radical (unpaired) electrons. The predicted molar refractivity (Wildman–Crippen MR) is 63.8 cm³/mol. The van der Waals surface area contributed by atoms with Crippen LogP contribution in [0.5, 0.6) is 0 Å². The van der Waals surface area contributed by atoms with Gasteiger partial charge in [0, 0.05) is 5.69 Å². The van der Waals surface area contributed by atoms with Gasteiger partial charge in [-0.2, -0.15) is 8.42 Å². The SMILES string of the molecule is Nc1cccc(CCOS(=O)(=O)O)c1.O=[SH2]=O. The lowest BCUT2D eigenvalue weighted by Crippen LogP contribution is -2.06. The van der Waals surface area contributed by atoms with Crippen LogP contribution in [0.4, 0.5) is 5.69 Å². The number of nitrogen functional groups attached to an aromatic ring is 1. The van der Waals surface area contributed by atoms with Gasteiger partial charge in [0.05, 0.1) is 6.61 Å². The second-order valence-corrected chi connectivity index (χ2v) is 4.09. The third kappa shape index (κ3) is 9.75. The van der Waals surface area contributed by atoms with Crippen molar-refractivity contribution < 1.29 is 25.6 Å². The van der Waals surface area contributed by atoms with Crippen LogP contribution < -0.4 is 5.73 Å². The zero-order valence-corrected chi connectivity index (χ0v) is 10.5. The molecule has 0 spiro atoms. The molecular formula is C8H13NO6S2. The minimum Gasteiger partial charge on any atom is -0.399 e. The molecule has 17 heavy (non-hydrogen) atoms. The Bertz CT molecular complexity index is 481. The molecule has 0 aliphatic rings. The Kier molecular flexibility index (Phi) is 7.46. The van der Waals surface area contributed by atoms with Gasteiger partial charge in [0.15, 0.2) is 0 Å². The normalized spacial score (nSPS) is 10.4. The number of nitrogens with two attached hydrogens (primary N) is 1. The van der Waals surface area contributed by atoms with Crippen LogP contribution in [0.1, 0.15) is 5.56 Å². The minimum absolute atomic E-state index is 0.0950. The Hall–Kier alpha value is -1.16. The van der Waals surface area contributed by atoms with E-state index >= 15 is 0 Å². The first kappa shape index (κ1) is 15.8. The average molecular weight is 283 g/mol. The summed E-state index contributed by atoms with van der Waals surface area (Å²) in [5.41, 5.74) is 6.97. The number of hydrogen-bond donors (Lipinski definition) is 2. The summed E-state index contributed by atoms with van der Waals surface area (Å²) in [6, 6.07) is 7.00. The predicted octanol–water partition coefficient (Wildman–Crippen LogP) is -0.575. The molecular weight excluding hydrogens is 270 g/mol. The highest BCUT2D eigenvalue weighted by Crippen LogP contribution is 2.07. The van der Waals surface area contributed by atoms with Gasteiger partial charge < -0.3 is 5.73 Å². The summed E-state index contributed by atoms with van der Waals surface area (Å²) >= 11 is -1.42. The molecule has 7 nitrogen and oxygen atoms in total. The van der Waals surface area contributed by atoms with Crippen LogP contribution in [0.2, 0.25) is 0 Å². The summed E-state index contributed by atoms with van der Waals surface area (Å²) in [5.74, 6) is 0. The highest BCUT2D eigenvalue weighted by molar-refractivity contribution is 7.80. The van der Waals surface area contributed by atoms with Crippen LogP contribution >= 0.6 is 0 Å². The van der Waals surface area contributed by atoms with Crippen molar-refractivity contribution in [1.82, 2.24) is 0 Å². The monoisotopic (exact) mass is 283 g/mol. The lowest BCUT2D eigenvalue weighted by atomic mass is 10.1. The summed E-state index contributed by atoms with van der Waals surface area (Å²) in [6.07, 6.45) is 0.380. The third-order valence-corrected chi connectivity index (χ3v) is 2.04. The number of rotatable bonds is 4. The van der Waals surface area contributed by atoms with Crippen molar-refractivity contribution in [1.29, 1.82) is 0 Å². The molecule has 0 unspecified atom stereocenters. The molecule has 0 aromatic heterocycles. The van der Waals surface area contributed by atoms with E-state index in [0.717, 1.165) is 5.56 Å². The van der Waals surface area contributed by atoms with Crippen LogP contribution in [0.25, 0.3) is 0 Å². The highest BCUT2D eigenvalue weighted by atomic mass is 32.3. The van der Waals surface area contributed by atoms with E-state index in [2.05, 4.69) is 4.18 Å². The first-order valence-corrected chi connectivity index (χ1v) is 6.52. The van der Waals surface area contributed by atoms with E-state index in [1.807, 2.05) is 0 Å². The molecule has 1 aromatic rings. The number of hydrogen-bond acceptors (Lipinski definition) is 6. The quantitative estimate of drug-likeness (QED) is 0.560. The summed E-state index contributed by atoms with van der Waals surface area (Å²) in [7, 11) is -4.34. The molecule has 0 heterocycles. The molecule has 0 atom stereocenters. The Balaban J connectivity index is 0.000000770. The van der Waals surface area contributed by atoms with E-state index < -0.39 is 22.0 Å². The van der Waals surface area contributed by atoms with Gasteiger partial charge in [-0.3, -0.25) is 4.55 Å². The molecule has 0 amide bonds. The maximum absolute atomic E-state index is 10.2. The highest BCUT2D eigenvalue weighted by Gasteiger charge is 2.03. The molecule has 0 aliphatic carbocycles. The Labute approximate surface area is 102 Å². The first-order chi connectivity index (χ1) is 7.89. The molecule has 1 rings (SSSR count). The molecule has 1 aromatic carbocycles. The smallest absolute Gasteiger partial charge is 0.397 e. The van der Waals surface area contributed by atoms with E-state index in [4.69, 9.17) is 18.7 Å². The average Bonchev–Trinajstić information content (AvgIpc) is 2.16. The summed E-state index contributed by atoms with van der Waals surface area (Å²) < 4.78 is 49.6. The van der Waals surface area contributed by atoms with Crippen molar-refractivity contribution >= 4 is 27.7 Å². The standard InChI is InChI=1S/C8H11NO4S.H2O2S/c9-8-3-1-2-7(6-8)4-5-13-14(10,11)12;1-3-2/h1-3,6H,4-5,9H2,(H,10,11,12);3H2. The zero-order valence-electron chi connectivity index (χ0n) is 8.70. The van der Waals surface area contributed by atoms with Crippen LogP contribution in [0, 0.1) is 0 Å². The van der Waals surface area contributed by atoms with E-state index in [-0.39, 0.29) is 6.61 Å². The second-order valence-electron chi connectivity index (χ2n) is 2.83. The number of anilines is 1. The molecule has 0 aliphatic heterocycles. The lowest BCUT2D eigenvalue weighted by molar-refractivity contribution is 0.272. The largest absolute Gasteiger partial charge is 0.399 e. The van der Waals surface area contributed by atoms with Crippen LogP contribution in [0.3, 0.4) is 0 Å². The Morgan fingerprint density at radius 2 is 1.94 bits per heavy atom. The van der Waals surface area contributed by atoms with Gasteiger partial charge in [-0.15, -0.1) is 0 Å². The fourth-order valence-corrected chi connectivity index (χ4v) is 1.31. The third-order valence-electron chi connectivity index (χ3n) is 1.57. The maximum atomic E-state index is 10.2. The van der Waals surface area contributed by atoms with E-state index in [0.29, 0.717) is 12.1 Å². The van der Waals surface area contributed by atoms with Crippen molar-refractivity contribution in [3.05, 3.63) is 29.8 Å². The van der Waals surface area contributed by atoms with Crippen LogP contribution in [0.15, 0.2) is 24.3 Å². The van der Waals surface area contributed by atoms with Gasteiger partial charge in [0.25, 0.3) is 0 Å². The molecule has 9 heteroatoms. The molecule has 98 valence electrons. The fourth-order valence-electron chi connectivity index (χ4n) is 1.01. The summed E-state index contributed by atoms with van der Waals surface area (Å²) in [6.45, 7) is -0.0950. The van der Waals surface area contributed by atoms with E-state index in [1.54, 1.807) is 24.3 Å². The van der Waals surface area contributed by atoms with Crippen molar-refractivity contribution in [3.63, 3.8) is 0 Å². The zero-order chi connectivity index (χ0) is 13.3. The van der Waals surface area contributed by atoms with Crippen molar-refractivity contribution in [2.24, 2.45) is 0 Å². The molecule has 0 saturated heterocycles. The van der Waals surface area contributed by atoms with Crippen LogP contribution in [-0.4, -0.2) is 28.0 Å². The van der Waals surface area contributed by atoms with Gasteiger partial charge in [0.2, 0.25) is 0 Å². The van der Waals surface area contributed by atoms with Crippen LogP contribution in [-0.2, 0) is 32.6 Å². The van der Waals surface area contributed by atoms with Crippen molar-refractivity contribution in [2.45, 2.75) is 6.42 Å². The molecule has 0 fully saturated rings. The van der Waals surface area contributed by atoms with Gasteiger partial charge in [-0.05, 0) is 24.1 Å². The molecule has 0 bridgehead atoms. The summed E-state index contributed by atoms with van der Waals surface area (Å²) in [5, 5.41) is 0. The van der Waals surface area contributed by atoms with Crippen molar-refractivity contribution in [2.75, 3.05) is 12.3 Å². The first-order valence-electron chi connectivity index (χ1n) is 4.34. The molecule has 3 N–H and O–H groups in total. The van der Waals surface area contributed by atoms with Crippen molar-refractivity contribution in [3.8, 4) is 0 Å². The maximum Gasteiger partial charge on any atom is 0.397 e. The van der Waals surface area contributed by atoms with E-state index in [1.165, 1.54) is 0 Å². The fraction of sp³-hybridized carbons (Fsp3) is 0.250. The minimum atomic E-state index is -4.34. The van der Waals surface area contributed by atoms with Gasteiger partial charge in [0.1, 0.15) is 11.6 Å². The van der Waals surface area contributed by atoms with Gasteiger partial charge >= 0.3 is 10.4 Å². The second kappa shape index (κ2) is 8.01. The topological polar surface area (TPSA) is 124 Å². The van der Waals surface area contributed by atoms with Gasteiger partial charge in [-0.1, -0.05) is 12.1 Å². The van der Waals surface area contributed by atoms with E-state index in [9.17, 15) is 8.42 Å². The Morgan fingerprint density at radius 1 is 1.35 bits per heavy atom. The lowest BCUT2D eigenvalue weighted by Gasteiger charge is -2.01.